The van der Waals surface area contributed by atoms with E-state index >= 15 is 0 Å². The Morgan fingerprint density at radius 1 is 1.20 bits per heavy atom. The lowest BCUT2D eigenvalue weighted by Crippen LogP contribution is -2.09. The van der Waals surface area contributed by atoms with Crippen LogP contribution in [0.25, 0.3) is 0 Å². The number of aryl methyl sites for hydroxylation is 3. The van der Waals surface area contributed by atoms with Crippen LogP contribution in [-0.2, 0) is 13.6 Å². The second-order valence-corrected chi connectivity index (χ2v) is 6.03. The molecule has 4 heteroatoms. The Hall–Kier alpha value is -1.58. The molecule has 2 aromatic rings. The van der Waals surface area contributed by atoms with Gasteiger partial charge in [0, 0.05) is 31.2 Å². The van der Waals surface area contributed by atoms with E-state index in [1.165, 1.54) is 22.6 Å². The van der Waals surface area contributed by atoms with Gasteiger partial charge >= 0.3 is 0 Å². The third kappa shape index (κ3) is 2.79. The third-order valence-electron chi connectivity index (χ3n) is 4.15. The van der Waals surface area contributed by atoms with E-state index in [-0.39, 0.29) is 0 Å². The molecule has 0 aromatic carbocycles. The highest BCUT2D eigenvalue weighted by Crippen LogP contribution is 2.24. The lowest BCUT2D eigenvalue weighted by Gasteiger charge is -2.13. The van der Waals surface area contributed by atoms with Crippen LogP contribution < -0.4 is 0 Å². The van der Waals surface area contributed by atoms with E-state index in [9.17, 15) is 0 Å². The molecule has 110 valence electrons. The first-order valence-corrected chi connectivity index (χ1v) is 7.43. The maximum absolute atomic E-state index is 4.70. The van der Waals surface area contributed by atoms with Crippen LogP contribution in [0.3, 0.4) is 0 Å². The molecule has 4 nitrogen and oxygen atoms in total. The van der Waals surface area contributed by atoms with Crippen molar-refractivity contribution in [3.63, 3.8) is 0 Å². The Labute approximate surface area is 121 Å². The average Bonchev–Trinajstić information content (AvgIpc) is 2.90. The molecule has 0 bridgehead atoms. The van der Waals surface area contributed by atoms with Gasteiger partial charge in [-0.3, -0.25) is 9.36 Å². The van der Waals surface area contributed by atoms with Gasteiger partial charge in [0.05, 0.1) is 5.69 Å². The van der Waals surface area contributed by atoms with Gasteiger partial charge in [0.2, 0.25) is 0 Å². The van der Waals surface area contributed by atoms with Gasteiger partial charge in [-0.05, 0) is 43.7 Å². The number of rotatable bonds is 5. The van der Waals surface area contributed by atoms with E-state index in [0.717, 1.165) is 13.0 Å². The molecule has 0 aliphatic heterocycles. The Morgan fingerprint density at radius 3 is 2.40 bits per heavy atom. The highest BCUT2D eigenvalue weighted by Gasteiger charge is 2.16. The molecule has 1 atom stereocenters. The number of aromatic nitrogens is 4. The number of hydrogen-bond donors (Lipinski definition) is 0. The van der Waals surface area contributed by atoms with Gasteiger partial charge in [-0.1, -0.05) is 20.8 Å². The fourth-order valence-electron chi connectivity index (χ4n) is 3.10. The first kappa shape index (κ1) is 14.8. The first-order valence-electron chi connectivity index (χ1n) is 7.43. The first-order chi connectivity index (χ1) is 9.41. The number of nitrogens with zero attached hydrogens (tertiary/aromatic N) is 4. The van der Waals surface area contributed by atoms with Crippen molar-refractivity contribution in [2.45, 2.75) is 59.4 Å². The van der Waals surface area contributed by atoms with Crippen LogP contribution in [-0.4, -0.2) is 19.6 Å². The highest BCUT2D eigenvalue weighted by atomic mass is 15.3. The minimum absolute atomic E-state index is 0.494. The van der Waals surface area contributed by atoms with Crippen LogP contribution >= 0.6 is 0 Å². The SMILES string of the molecule is Cc1nn(CCC(C)c2ccnn2C)c(C)c1C(C)C. The summed E-state index contributed by atoms with van der Waals surface area (Å²) in [6.45, 7) is 12.0. The Balaban J connectivity index is 2.08. The van der Waals surface area contributed by atoms with Crippen LogP contribution in [0.1, 0.15) is 61.7 Å². The quantitative estimate of drug-likeness (QED) is 0.836. The molecule has 0 amide bonds. The molecule has 1 unspecified atom stereocenters. The van der Waals surface area contributed by atoms with Gasteiger partial charge in [0.15, 0.2) is 0 Å². The Kier molecular flexibility index (Phi) is 4.31. The third-order valence-corrected chi connectivity index (χ3v) is 4.15. The van der Waals surface area contributed by atoms with Gasteiger partial charge in [0.25, 0.3) is 0 Å². The van der Waals surface area contributed by atoms with E-state index in [4.69, 9.17) is 5.10 Å². The fraction of sp³-hybridized carbons (Fsp3) is 0.625. The lowest BCUT2D eigenvalue weighted by molar-refractivity contribution is 0.502. The topological polar surface area (TPSA) is 35.6 Å². The standard InChI is InChI=1S/C16H26N4/c1-11(2)16-13(4)18-20(14(16)5)10-8-12(3)15-7-9-17-19(15)6/h7,9,11-12H,8,10H2,1-6H3. The monoisotopic (exact) mass is 274 g/mol. The maximum Gasteiger partial charge on any atom is 0.0631 e. The molecule has 0 fully saturated rings. The predicted molar refractivity (Wildman–Crippen MR) is 82.0 cm³/mol. The molecule has 20 heavy (non-hydrogen) atoms. The van der Waals surface area contributed by atoms with E-state index in [0.29, 0.717) is 11.8 Å². The molecular formula is C16H26N4. The van der Waals surface area contributed by atoms with Gasteiger partial charge in [-0.2, -0.15) is 10.2 Å². The van der Waals surface area contributed by atoms with Crippen molar-refractivity contribution in [2.24, 2.45) is 7.05 Å². The smallest absolute Gasteiger partial charge is 0.0631 e. The average molecular weight is 274 g/mol. The summed E-state index contributed by atoms with van der Waals surface area (Å²) in [6.07, 6.45) is 2.95. The van der Waals surface area contributed by atoms with Crippen LogP contribution in [0, 0.1) is 13.8 Å². The van der Waals surface area contributed by atoms with Gasteiger partial charge in [0.1, 0.15) is 0 Å². The van der Waals surface area contributed by atoms with Crippen molar-refractivity contribution < 1.29 is 0 Å². The van der Waals surface area contributed by atoms with Crippen molar-refractivity contribution >= 4 is 0 Å². The predicted octanol–water partition coefficient (Wildman–Crippen LogP) is 3.55. The highest BCUT2D eigenvalue weighted by molar-refractivity contribution is 5.27. The maximum atomic E-state index is 4.70. The van der Waals surface area contributed by atoms with Crippen molar-refractivity contribution in [1.82, 2.24) is 19.6 Å². The van der Waals surface area contributed by atoms with Gasteiger partial charge in [-0.25, -0.2) is 0 Å². The summed E-state index contributed by atoms with van der Waals surface area (Å²) in [7, 11) is 2.01. The van der Waals surface area contributed by atoms with Crippen LogP contribution in [0.4, 0.5) is 0 Å². The molecule has 0 saturated carbocycles. The molecule has 2 heterocycles. The molecular weight excluding hydrogens is 248 g/mol. The molecule has 0 saturated heterocycles. The molecule has 2 aromatic heterocycles. The summed E-state index contributed by atoms with van der Waals surface area (Å²) in [4.78, 5) is 0. The van der Waals surface area contributed by atoms with Crippen LogP contribution in [0.15, 0.2) is 12.3 Å². The molecule has 0 radical (unpaired) electrons. The lowest BCUT2D eigenvalue weighted by atomic mass is 10.0. The van der Waals surface area contributed by atoms with Gasteiger partial charge in [-0.15, -0.1) is 0 Å². The summed E-state index contributed by atoms with van der Waals surface area (Å²) in [5.74, 6) is 1.03. The zero-order valence-corrected chi connectivity index (χ0v) is 13.5. The zero-order valence-electron chi connectivity index (χ0n) is 13.5. The largest absolute Gasteiger partial charge is 0.272 e. The molecule has 0 spiro atoms. The van der Waals surface area contributed by atoms with Crippen molar-refractivity contribution in [2.75, 3.05) is 0 Å². The Morgan fingerprint density at radius 2 is 1.90 bits per heavy atom. The van der Waals surface area contributed by atoms with E-state index < -0.39 is 0 Å². The molecule has 0 aliphatic rings. The number of hydrogen-bond acceptors (Lipinski definition) is 2. The summed E-state index contributed by atoms with van der Waals surface area (Å²) < 4.78 is 4.13. The van der Waals surface area contributed by atoms with Crippen molar-refractivity contribution in [3.05, 3.63) is 34.9 Å². The zero-order chi connectivity index (χ0) is 14.9. The summed E-state index contributed by atoms with van der Waals surface area (Å²) in [5, 5.41) is 8.95. The summed E-state index contributed by atoms with van der Waals surface area (Å²) in [5.41, 5.74) is 5.18. The molecule has 0 aliphatic carbocycles. The molecule has 2 rings (SSSR count). The molecule has 0 N–H and O–H groups in total. The normalized spacial score (nSPS) is 13.2. The second kappa shape index (κ2) is 5.81. The van der Waals surface area contributed by atoms with E-state index in [1.54, 1.807) is 0 Å². The summed E-state index contributed by atoms with van der Waals surface area (Å²) in [6, 6.07) is 2.10. The fourth-order valence-corrected chi connectivity index (χ4v) is 3.10. The van der Waals surface area contributed by atoms with E-state index in [1.807, 2.05) is 17.9 Å². The Bertz CT molecular complexity index is 577. The van der Waals surface area contributed by atoms with Gasteiger partial charge < -0.3 is 0 Å². The minimum Gasteiger partial charge on any atom is -0.272 e. The van der Waals surface area contributed by atoms with E-state index in [2.05, 4.69) is 50.5 Å². The van der Waals surface area contributed by atoms with Crippen molar-refractivity contribution in [3.8, 4) is 0 Å². The van der Waals surface area contributed by atoms with Crippen LogP contribution in [0.2, 0.25) is 0 Å². The van der Waals surface area contributed by atoms with Crippen LogP contribution in [0.5, 0.6) is 0 Å². The second-order valence-electron chi connectivity index (χ2n) is 6.03. The summed E-state index contributed by atoms with van der Waals surface area (Å²) >= 11 is 0. The van der Waals surface area contributed by atoms with Crippen molar-refractivity contribution in [1.29, 1.82) is 0 Å². The minimum atomic E-state index is 0.494.